The van der Waals surface area contributed by atoms with Crippen molar-refractivity contribution in [3.8, 4) is 5.82 Å². The Labute approximate surface area is 421 Å². The smallest absolute Gasteiger partial charge is 0.326 e. The summed E-state index contributed by atoms with van der Waals surface area (Å²) in [4.78, 5) is 137. The molecule has 0 spiro atoms. The zero-order valence-corrected chi connectivity index (χ0v) is 41.7. The number of aliphatic hydroxyl groups excluding tert-OH is 1. The monoisotopic (exact) mass is 1020 g/mol. The molecule has 396 valence electrons. The van der Waals surface area contributed by atoms with Crippen LogP contribution in [0.5, 0.6) is 0 Å². The van der Waals surface area contributed by atoms with Crippen molar-refractivity contribution in [2.24, 2.45) is 34.2 Å². The highest BCUT2D eigenvalue weighted by Crippen LogP contribution is 2.35. The largest absolute Gasteiger partial charge is 0.480 e. The minimum atomic E-state index is -1.67. The summed E-state index contributed by atoms with van der Waals surface area (Å²) in [5, 5.41) is 42.5. The quantitative estimate of drug-likeness (QED) is 0.0393. The Balaban J connectivity index is 1.58. The number of aliphatic carboxylic acids is 1. The average molecular weight is 1020 g/mol. The van der Waals surface area contributed by atoms with Crippen LogP contribution in [0.1, 0.15) is 96.4 Å². The van der Waals surface area contributed by atoms with Gasteiger partial charge in [0, 0.05) is 54.4 Å². The minimum Gasteiger partial charge on any atom is -0.480 e. The molecule has 7 rings (SSSR count). The van der Waals surface area contributed by atoms with Gasteiger partial charge in [-0.3, -0.25) is 47.9 Å². The fraction of sp³-hybridized carbons (Fsp3) is 0.562. The Morgan fingerprint density at radius 1 is 0.808 bits per heavy atom. The van der Waals surface area contributed by atoms with E-state index in [1.54, 1.807) is 36.6 Å². The average Bonchev–Trinajstić information content (AvgIpc) is 4.07. The number of carboxylic acids is 1. The number of hydrogen-bond donors (Lipinski definition) is 13. The van der Waals surface area contributed by atoms with E-state index in [9.17, 15) is 53.4 Å². The van der Waals surface area contributed by atoms with E-state index >= 15 is 0 Å². The van der Waals surface area contributed by atoms with Gasteiger partial charge in [-0.2, -0.15) is 0 Å². The van der Waals surface area contributed by atoms with E-state index in [1.165, 1.54) is 12.5 Å². The molecule has 3 aromatic rings. The van der Waals surface area contributed by atoms with Crippen LogP contribution >= 0.6 is 0 Å². The Hall–Kier alpha value is -7.57. The number of fused-ring (bicyclic) bond motifs is 13. The van der Waals surface area contributed by atoms with Crippen molar-refractivity contribution >= 4 is 70.1 Å². The summed E-state index contributed by atoms with van der Waals surface area (Å²) in [6, 6.07) is -5.60. The van der Waals surface area contributed by atoms with E-state index in [0.29, 0.717) is 27.8 Å². The topological polar surface area (TPSA) is 388 Å². The Bertz CT molecular complexity index is 2620. The molecule has 6 heterocycles. The van der Waals surface area contributed by atoms with Gasteiger partial charge in [0.15, 0.2) is 5.96 Å². The molecule has 0 saturated carbocycles. The molecule has 9 atom stereocenters. The fourth-order valence-electron chi connectivity index (χ4n) is 9.45. The lowest BCUT2D eigenvalue weighted by molar-refractivity contribution is -0.142. The number of aromatic nitrogens is 3. The van der Waals surface area contributed by atoms with Crippen LogP contribution in [0, 0.1) is 17.8 Å². The fourth-order valence-corrected chi connectivity index (χ4v) is 9.45. The van der Waals surface area contributed by atoms with Gasteiger partial charge in [-0.05, 0) is 55.1 Å². The van der Waals surface area contributed by atoms with Crippen molar-refractivity contribution in [2.75, 3.05) is 13.2 Å². The lowest BCUT2D eigenvalue weighted by Crippen LogP contribution is -2.62. The molecule has 1 aromatic carbocycles. The highest BCUT2D eigenvalue weighted by Gasteiger charge is 2.41. The van der Waals surface area contributed by atoms with Crippen molar-refractivity contribution in [2.45, 2.75) is 141 Å². The third kappa shape index (κ3) is 13.5. The predicted molar refractivity (Wildman–Crippen MR) is 264 cm³/mol. The standard InChI is InChI=1S/C48H68N14O11/c1-21(2)14-31-43(68)60-37(23(5)6)45(70)57-32-17-27-26-10-9-24(36(22(3)4)38(46(71)56-31)61-41(66)29-11-12-35(64)53-29)15-30(26)54-39(27)62-18-25(52-20-62)16-33(47(72)73)58-44(69)34(19-63)59-40(65)28(55-42(32)67)8-7-13-51-48(49)50/h9-10,15,18,20-23,28-29,31-34,36-38,54,63H,7-8,11-14,16-17,19H2,1-6H3,(H,53,64)(H,55,67)(H,56,71)(H,57,70)(H,58,69)(H,59,65)(H,60,68)(H,61,66)(H,72,73)(H4,49,50,51). The minimum absolute atomic E-state index is 0.0251. The second-order valence-corrected chi connectivity index (χ2v) is 20.0. The van der Waals surface area contributed by atoms with Crippen molar-refractivity contribution in [3.63, 3.8) is 0 Å². The van der Waals surface area contributed by atoms with E-state index in [-0.39, 0.29) is 80.9 Å². The molecule has 0 aliphatic carbocycles. The van der Waals surface area contributed by atoms with Crippen LogP contribution in [-0.4, -0.2) is 145 Å². The van der Waals surface area contributed by atoms with Gasteiger partial charge >= 0.3 is 5.97 Å². The van der Waals surface area contributed by atoms with E-state index in [0.717, 1.165) is 0 Å². The molecule has 0 radical (unpaired) electrons. The Kier molecular flexibility index (Phi) is 17.8. The number of imidazole rings is 1. The summed E-state index contributed by atoms with van der Waals surface area (Å²) in [7, 11) is 0. The van der Waals surface area contributed by atoms with Crippen LogP contribution in [0.2, 0.25) is 0 Å². The van der Waals surface area contributed by atoms with Gasteiger partial charge < -0.3 is 69.2 Å². The number of aliphatic hydroxyl groups is 1. The van der Waals surface area contributed by atoms with Gasteiger partial charge in [0.25, 0.3) is 0 Å². The second kappa shape index (κ2) is 23.8. The van der Waals surface area contributed by atoms with E-state index in [2.05, 4.69) is 57.5 Å². The van der Waals surface area contributed by atoms with Crippen LogP contribution in [0.3, 0.4) is 0 Å². The number of H-pyrrole nitrogens is 1. The lowest BCUT2D eigenvalue weighted by Gasteiger charge is -2.33. The summed E-state index contributed by atoms with van der Waals surface area (Å²) >= 11 is 0. The number of nitrogens with two attached hydrogens (primary N) is 2. The summed E-state index contributed by atoms with van der Waals surface area (Å²) in [5.74, 6) is -9.15. The third-order valence-electron chi connectivity index (χ3n) is 13.2. The normalized spacial score (nSPS) is 25.6. The molecular formula is C48H68N14O11. The third-order valence-corrected chi connectivity index (χ3v) is 13.2. The van der Waals surface area contributed by atoms with Gasteiger partial charge in [0.2, 0.25) is 47.3 Å². The molecule has 1 saturated heterocycles. The van der Waals surface area contributed by atoms with Crippen molar-refractivity contribution in [1.29, 1.82) is 0 Å². The maximum atomic E-state index is 14.9. The first-order valence-corrected chi connectivity index (χ1v) is 24.5. The molecule has 9 unspecified atom stereocenters. The first-order valence-electron chi connectivity index (χ1n) is 24.5. The van der Waals surface area contributed by atoms with Crippen molar-refractivity contribution in [1.82, 2.24) is 57.1 Å². The SMILES string of the molecule is CC(C)CC1NC(=O)C(NC(=O)C2CCC(=O)N2)C(C(C)C)c2ccc3c4c([nH]c3c2)-n2cnc(c2)CC(C(=O)O)NC(=O)C(CO)NC(=O)C(CCCN=C(N)N)NC(=O)C(C4)NC(=O)C(C(C)C)NC1=O. The molecular weight excluding hydrogens is 949 g/mol. The molecule has 15 N–H and O–H groups in total. The van der Waals surface area contributed by atoms with Gasteiger partial charge in [0.05, 0.1) is 12.3 Å². The molecule has 73 heavy (non-hydrogen) atoms. The molecule has 2 aromatic heterocycles. The van der Waals surface area contributed by atoms with Gasteiger partial charge in [0.1, 0.15) is 60.5 Å². The van der Waals surface area contributed by atoms with Crippen molar-refractivity contribution in [3.05, 3.63) is 47.5 Å². The maximum Gasteiger partial charge on any atom is 0.326 e. The summed E-state index contributed by atoms with van der Waals surface area (Å²) in [6.07, 6.45) is 2.75. The van der Waals surface area contributed by atoms with Crippen LogP contribution in [0.25, 0.3) is 16.7 Å². The van der Waals surface area contributed by atoms with Crippen LogP contribution in [-0.2, 0) is 56.0 Å². The van der Waals surface area contributed by atoms with E-state index in [1.807, 2.05) is 27.7 Å². The van der Waals surface area contributed by atoms with Crippen molar-refractivity contribution < 1.29 is 53.4 Å². The maximum absolute atomic E-state index is 14.9. The van der Waals surface area contributed by atoms with Crippen LogP contribution in [0.4, 0.5) is 0 Å². The van der Waals surface area contributed by atoms with Gasteiger partial charge in [-0.15, -0.1) is 0 Å². The zero-order valence-electron chi connectivity index (χ0n) is 41.7. The predicted octanol–water partition coefficient (Wildman–Crippen LogP) is -2.29. The number of rotatable bonds is 12. The number of aliphatic imine (C=N–C) groups is 1. The summed E-state index contributed by atoms with van der Waals surface area (Å²) in [6.45, 7) is 9.87. The highest BCUT2D eigenvalue weighted by molar-refractivity contribution is 5.99. The van der Waals surface area contributed by atoms with Crippen LogP contribution in [0.15, 0.2) is 35.7 Å². The lowest BCUT2D eigenvalue weighted by atomic mass is 9.81. The summed E-state index contributed by atoms with van der Waals surface area (Å²) in [5.41, 5.74) is 12.7. The molecule has 25 heteroatoms. The van der Waals surface area contributed by atoms with E-state index < -0.39 is 114 Å². The molecule has 8 amide bonds. The number of guanidine groups is 1. The first kappa shape index (κ1) is 54.8. The number of hydrogen-bond acceptors (Lipinski definition) is 12. The van der Waals surface area contributed by atoms with E-state index in [4.69, 9.17) is 11.5 Å². The molecule has 25 nitrogen and oxygen atoms in total. The van der Waals surface area contributed by atoms with Gasteiger partial charge in [-0.25, -0.2) is 9.78 Å². The molecule has 4 aliphatic heterocycles. The van der Waals surface area contributed by atoms with Gasteiger partial charge in [-0.1, -0.05) is 53.7 Å². The number of carboxylic acid groups (broad SMARTS) is 1. The number of nitrogens with one attached hydrogen (secondary N) is 9. The Morgan fingerprint density at radius 2 is 1.49 bits per heavy atom. The zero-order chi connectivity index (χ0) is 53.4. The number of aromatic amines is 1. The molecule has 7 bridgehead atoms. The number of benzene rings is 1. The number of nitrogens with zero attached hydrogens (tertiary/aromatic N) is 3. The first-order chi connectivity index (χ1) is 34.5. The molecule has 1 fully saturated rings. The van der Waals surface area contributed by atoms with Crippen LogP contribution < -0.4 is 54.0 Å². The Morgan fingerprint density at radius 3 is 2.12 bits per heavy atom. The second-order valence-electron chi connectivity index (χ2n) is 20.0. The molecule has 4 aliphatic rings. The summed E-state index contributed by atoms with van der Waals surface area (Å²) < 4.78 is 1.55. The highest BCUT2D eigenvalue weighted by atomic mass is 16.4. The number of carbonyl (C=O) groups excluding carboxylic acids is 8. The number of carbonyl (C=O) groups is 9. The number of amides is 8.